The monoisotopic (exact) mass is 263 g/mol. The van der Waals surface area contributed by atoms with Crippen LogP contribution in [0.15, 0.2) is 30.3 Å². The first-order chi connectivity index (χ1) is 8.92. The Balaban J connectivity index is 1.90. The van der Waals surface area contributed by atoms with E-state index in [-0.39, 0.29) is 0 Å². The van der Waals surface area contributed by atoms with E-state index < -0.39 is 0 Å². The van der Waals surface area contributed by atoms with Crippen LogP contribution in [-0.4, -0.2) is 24.1 Å². The lowest BCUT2D eigenvalue weighted by atomic mass is 9.91. The summed E-state index contributed by atoms with van der Waals surface area (Å²) in [6.07, 6.45) is 5.41. The summed E-state index contributed by atoms with van der Waals surface area (Å²) in [5, 5.41) is 4.36. The lowest BCUT2D eigenvalue weighted by molar-refractivity contribution is 0.473. The van der Waals surface area contributed by atoms with Gasteiger partial charge in [0, 0.05) is 17.7 Å². The molecule has 1 aliphatic heterocycles. The molecule has 0 radical (unpaired) electrons. The third-order valence-electron chi connectivity index (χ3n) is 3.73. The van der Waals surface area contributed by atoms with Crippen molar-refractivity contribution >= 4 is 11.8 Å². The Morgan fingerprint density at radius 3 is 2.83 bits per heavy atom. The Morgan fingerprint density at radius 1 is 1.22 bits per heavy atom. The number of nitrogens with one attached hydrogen (secondary N) is 1. The van der Waals surface area contributed by atoms with Gasteiger partial charge in [0.1, 0.15) is 0 Å². The van der Waals surface area contributed by atoms with E-state index in [0.717, 1.165) is 11.8 Å². The zero-order valence-corrected chi connectivity index (χ0v) is 12.2. The summed E-state index contributed by atoms with van der Waals surface area (Å²) in [6, 6.07) is 11.0. The predicted octanol–water partition coefficient (Wildman–Crippen LogP) is 4.06. The van der Waals surface area contributed by atoms with E-state index in [1.165, 1.54) is 43.5 Å². The average molecular weight is 263 g/mol. The minimum atomic E-state index is 0.701. The highest BCUT2D eigenvalue weighted by molar-refractivity contribution is 7.99. The first-order valence-electron chi connectivity index (χ1n) is 7.29. The van der Waals surface area contributed by atoms with Crippen molar-refractivity contribution in [2.24, 2.45) is 0 Å². The molecule has 18 heavy (non-hydrogen) atoms. The molecule has 1 fully saturated rings. The topological polar surface area (TPSA) is 12.0 Å². The SMILES string of the molecule is CCCCCSC1CCNCC1c1ccccc1. The minimum Gasteiger partial charge on any atom is -0.316 e. The molecule has 2 heteroatoms. The van der Waals surface area contributed by atoms with Gasteiger partial charge in [-0.2, -0.15) is 11.8 Å². The van der Waals surface area contributed by atoms with Crippen LogP contribution in [0.5, 0.6) is 0 Å². The summed E-state index contributed by atoms with van der Waals surface area (Å²) >= 11 is 2.20. The van der Waals surface area contributed by atoms with E-state index in [4.69, 9.17) is 0 Å². The first kappa shape index (κ1) is 14.0. The molecule has 0 aromatic heterocycles. The molecule has 1 aromatic carbocycles. The second-order valence-electron chi connectivity index (χ2n) is 5.13. The van der Waals surface area contributed by atoms with E-state index in [9.17, 15) is 0 Å². The molecule has 0 amide bonds. The molecule has 1 saturated heterocycles. The third-order valence-corrected chi connectivity index (χ3v) is 5.24. The Morgan fingerprint density at radius 2 is 2.06 bits per heavy atom. The van der Waals surface area contributed by atoms with Gasteiger partial charge >= 0.3 is 0 Å². The van der Waals surface area contributed by atoms with Crippen LogP contribution in [-0.2, 0) is 0 Å². The molecular weight excluding hydrogens is 238 g/mol. The third kappa shape index (κ3) is 4.03. The summed E-state index contributed by atoms with van der Waals surface area (Å²) in [6.45, 7) is 4.62. The average Bonchev–Trinajstić information content (AvgIpc) is 2.45. The maximum absolute atomic E-state index is 3.55. The largest absolute Gasteiger partial charge is 0.316 e. The zero-order chi connectivity index (χ0) is 12.6. The second-order valence-corrected chi connectivity index (χ2v) is 6.47. The Bertz CT molecular complexity index is 325. The van der Waals surface area contributed by atoms with Gasteiger partial charge in [-0.15, -0.1) is 0 Å². The molecule has 2 rings (SSSR count). The fourth-order valence-electron chi connectivity index (χ4n) is 2.65. The van der Waals surface area contributed by atoms with Crippen molar-refractivity contribution in [3.05, 3.63) is 35.9 Å². The van der Waals surface area contributed by atoms with Gasteiger partial charge in [0.05, 0.1) is 0 Å². The quantitative estimate of drug-likeness (QED) is 0.777. The number of rotatable bonds is 6. The van der Waals surface area contributed by atoms with Gasteiger partial charge < -0.3 is 5.32 Å². The molecule has 0 aliphatic carbocycles. The van der Waals surface area contributed by atoms with E-state index in [1.807, 2.05) is 0 Å². The van der Waals surface area contributed by atoms with Crippen molar-refractivity contribution in [3.63, 3.8) is 0 Å². The lowest BCUT2D eigenvalue weighted by Gasteiger charge is -2.32. The van der Waals surface area contributed by atoms with Crippen LogP contribution in [0.4, 0.5) is 0 Å². The molecule has 0 bridgehead atoms. The zero-order valence-electron chi connectivity index (χ0n) is 11.4. The van der Waals surface area contributed by atoms with Crippen LogP contribution < -0.4 is 5.32 Å². The molecule has 2 unspecified atom stereocenters. The number of unbranched alkanes of at least 4 members (excludes halogenated alkanes) is 2. The molecule has 1 aliphatic rings. The highest BCUT2D eigenvalue weighted by Crippen LogP contribution is 2.33. The van der Waals surface area contributed by atoms with Gasteiger partial charge in [-0.25, -0.2) is 0 Å². The number of piperidine rings is 1. The van der Waals surface area contributed by atoms with Crippen molar-refractivity contribution in [2.75, 3.05) is 18.8 Å². The van der Waals surface area contributed by atoms with Crippen molar-refractivity contribution < 1.29 is 0 Å². The highest BCUT2D eigenvalue weighted by atomic mass is 32.2. The molecule has 1 heterocycles. The standard InChI is InChI=1S/C16H25NS/c1-2-3-7-12-18-16-10-11-17-13-15(16)14-8-5-4-6-9-14/h4-6,8-9,15-17H,2-3,7,10-13H2,1H3. The summed E-state index contributed by atoms with van der Waals surface area (Å²) in [5.41, 5.74) is 1.51. The van der Waals surface area contributed by atoms with Crippen molar-refractivity contribution in [2.45, 2.75) is 43.8 Å². The van der Waals surface area contributed by atoms with Crippen molar-refractivity contribution in [3.8, 4) is 0 Å². The summed E-state index contributed by atoms with van der Waals surface area (Å²) < 4.78 is 0. The minimum absolute atomic E-state index is 0.701. The predicted molar refractivity (Wildman–Crippen MR) is 82.4 cm³/mol. The number of hydrogen-bond donors (Lipinski definition) is 1. The van der Waals surface area contributed by atoms with Crippen LogP contribution in [0, 0.1) is 0 Å². The maximum Gasteiger partial charge on any atom is 0.0140 e. The van der Waals surface area contributed by atoms with Gasteiger partial charge in [0.25, 0.3) is 0 Å². The molecule has 0 saturated carbocycles. The van der Waals surface area contributed by atoms with Crippen molar-refractivity contribution in [1.82, 2.24) is 5.32 Å². The Hall–Kier alpha value is -0.470. The fourth-order valence-corrected chi connectivity index (χ4v) is 4.10. The summed E-state index contributed by atoms with van der Waals surface area (Å²) in [7, 11) is 0. The van der Waals surface area contributed by atoms with Crippen LogP contribution in [0.25, 0.3) is 0 Å². The Kier molecular flexibility index (Phi) is 6.09. The lowest BCUT2D eigenvalue weighted by Crippen LogP contribution is -2.37. The summed E-state index contributed by atoms with van der Waals surface area (Å²) in [4.78, 5) is 0. The molecular formula is C16H25NS. The molecule has 1 N–H and O–H groups in total. The van der Waals surface area contributed by atoms with Crippen LogP contribution in [0.3, 0.4) is 0 Å². The normalized spacial score (nSPS) is 24.1. The van der Waals surface area contributed by atoms with Crippen molar-refractivity contribution in [1.29, 1.82) is 0 Å². The summed E-state index contributed by atoms with van der Waals surface area (Å²) in [5.74, 6) is 2.04. The van der Waals surface area contributed by atoms with Crippen LogP contribution in [0.2, 0.25) is 0 Å². The smallest absolute Gasteiger partial charge is 0.0140 e. The van der Waals surface area contributed by atoms with Gasteiger partial charge in [-0.05, 0) is 30.7 Å². The van der Waals surface area contributed by atoms with Gasteiger partial charge in [0.2, 0.25) is 0 Å². The molecule has 2 atom stereocenters. The molecule has 100 valence electrons. The maximum atomic E-state index is 3.55. The van der Waals surface area contributed by atoms with E-state index in [0.29, 0.717) is 5.92 Å². The van der Waals surface area contributed by atoms with Crippen LogP contribution in [0.1, 0.15) is 44.1 Å². The molecule has 0 spiro atoms. The van der Waals surface area contributed by atoms with E-state index in [2.05, 4.69) is 54.3 Å². The van der Waals surface area contributed by atoms with Gasteiger partial charge in [0.15, 0.2) is 0 Å². The first-order valence-corrected chi connectivity index (χ1v) is 8.34. The highest BCUT2D eigenvalue weighted by Gasteiger charge is 2.26. The number of thioether (sulfide) groups is 1. The number of benzene rings is 1. The fraction of sp³-hybridized carbons (Fsp3) is 0.625. The molecule has 1 nitrogen and oxygen atoms in total. The van der Waals surface area contributed by atoms with Gasteiger partial charge in [-0.1, -0.05) is 50.1 Å². The second kappa shape index (κ2) is 7.85. The van der Waals surface area contributed by atoms with E-state index >= 15 is 0 Å². The van der Waals surface area contributed by atoms with Gasteiger partial charge in [-0.3, -0.25) is 0 Å². The Labute approximate surface area is 116 Å². The van der Waals surface area contributed by atoms with Crippen LogP contribution >= 0.6 is 11.8 Å². The molecule has 1 aromatic rings. The number of hydrogen-bond acceptors (Lipinski definition) is 2. The van der Waals surface area contributed by atoms with E-state index in [1.54, 1.807) is 0 Å².